The first-order valence-corrected chi connectivity index (χ1v) is 10.1. The summed E-state index contributed by atoms with van der Waals surface area (Å²) >= 11 is 1.18. The van der Waals surface area contributed by atoms with Crippen molar-refractivity contribution in [3.63, 3.8) is 0 Å². The predicted molar refractivity (Wildman–Crippen MR) is 122 cm³/mol. The molecule has 0 atom stereocenters. The van der Waals surface area contributed by atoms with E-state index in [1.807, 2.05) is 63.2 Å². The van der Waals surface area contributed by atoms with Crippen LogP contribution in [0.25, 0.3) is 10.9 Å². The lowest BCUT2D eigenvalue weighted by Gasteiger charge is -2.23. The van der Waals surface area contributed by atoms with Gasteiger partial charge in [-0.1, -0.05) is 35.5 Å². The van der Waals surface area contributed by atoms with E-state index in [9.17, 15) is 4.79 Å². The Labute approximate surface area is 174 Å². The zero-order valence-corrected chi connectivity index (χ0v) is 17.5. The molecule has 0 saturated carbocycles. The third kappa shape index (κ3) is 4.67. The van der Waals surface area contributed by atoms with Gasteiger partial charge in [0.15, 0.2) is 0 Å². The number of hydrazine groups is 1. The average molecular weight is 409 g/mol. The number of thioether (sulfide) groups is 1. The van der Waals surface area contributed by atoms with Crippen LogP contribution in [0.3, 0.4) is 0 Å². The molecule has 0 aliphatic rings. The fraction of sp³-hybridized carbons (Fsp3) is 0.190. The fourth-order valence-corrected chi connectivity index (χ4v) is 3.98. The van der Waals surface area contributed by atoms with Crippen LogP contribution in [0.4, 0.5) is 11.4 Å². The summed E-state index contributed by atoms with van der Waals surface area (Å²) in [5, 5.41) is 9.38. The van der Waals surface area contributed by atoms with Gasteiger partial charge in [0.05, 0.1) is 22.6 Å². The van der Waals surface area contributed by atoms with Crippen LogP contribution in [0.15, 0.2) is 53.8 Å². The normalized spacial score (nSPS) is 11.5. The summed E-state index contributed by atoms with van der Waals surface area (Å²) in [6, 6.07) is 13.4. The minimum absolute atomic E-state index is 0.115. The van der Waals surface area contributed by atoms with E-state index in [0.717, 1.165) is 33.3 Å². The number of pyridine rings is 1. The van der Waals surface area contributed by atoms with Gasteiger partial charge in [0.1, 0.15) is 0 Å². The monoisotopic (exact) mass is 408 g/mol. The number of rotatable bonds is 4. The summed E-state index contributed by atoms with van der Waals surface area (Å²) in [5.41, 5.74) is 5.54. The molecule has 3 rings (SSSR count). The topological polar surface area (TPSA) is 110 Å². The van der Waals surface area contributed by atoms with Gasteiger partial charge in [0, 0.05) is 11.6 Å². The molecule has 0 aliphatic heterocycles. The van der Waals surface area contributed by atoms with E-state index in [-0.39, 0.29) is 11.7 Å². The van der Waals surface area contributed by atoms with Crippen molar-refractivity contribution in [2.24, 2.45) is 16.8 Å². The van der Waals surface area contributed by atoms with E-state index < -0.39 is 0 Å². The van der Waals surface area contributed by atoms with Crippen molar-refractivity contribution >= 4 is 45.1 Å². The van der Waals surface area contributed by atoms with Gasteiger partial charge in [-0.25, -0.2) is 5.84 Å². The second kappa shape index (κ2) is 8.93. The van der Waals surface area contributed by atoms with Crippen LogP contribution < -0.4 is 22.0 Å². The summed E-state index contributed by atoms with van der Waals surface area (Å²) in [7, 11) is 0. The van der Waals surface area contributed by atoms with Gasteiger partial charge in [-0.05, 0) is 56.2 Å². The number of nitrogens with zero attached hydrogens (tertiary/aromatic N) is 3. The van der Waals surface area contributed by atoms with E-state index in [2.05, 4.69) is 15.4 Å². The number of benzene rings is 2. The average Bonchev–Trinajstić information content (AvgIpc) is 2.68. The molecule has 0 saturated heterocycles. The van der Waals surface area contributed by atoms with Crippen LogP contribution in [-0.2, 0) is 4.79 Å². The smallest absolute Gasteiger partial charge is 0.234 e. The maximum atomic E-state index is 12.5. The highest BCUT2D eigenvalue weighted by Gasteiger charge is 2.17. The molecule has 1 heterocycles. The molecule has 0 fully saturated rings. The summed E-state index contributed by atoms with van der Waals surface area (Å²) in [5.74, 6) is 11.8. The van der Waals surface area contributed by atoms with E-state index in [1.165, 1.54) is 16.8 Å². The third-order valence-corrected chi connectivity index (χ3v) is 5.41. The van der Waals surface area contributed by atoms with Crippen molar-refractivity contribution in [1.82, 2.24) is 4.98 Å². The molecule has 0 bridgehead atoms. The zero-order valence-electron chi connectivity index (χ0n) is 16.6. The van der Waals surface area contributed by atoms with Crippen molar-refractivity contribution in [2.75, 3.05) is 16.1 Å². The van der Waals surface area contributed by atoms with Gasteiger partial charge < -0.3 is 11.2 Å². The second-order valence-electron chi connectivity index (χ2n) is 6.74. The first-order valence-electron chi connectivity index (χ1n) is 9.07. The quantitative estimate of drug-likeness (QED) is 0.264. The standard InChI is InChI=1S/C21H24N6OS/c1-13-10-14(2)20(15(3)11-13)27(23)21(26-22)29-12-19(28)25-18-8-4-7-17-16(18)6-5-9-24-17/h4-11H,12,22-23H2,1-3H3,(H,25,28)/b26-21+. The first kappa shape index (κ1) is 20.6. The number of fused-ring (bicyclic) bond motifs is 1. The van der Waals surface area contributed by atoms with Crippen LogP contribution in [0.5, 0.6) is 0 Å². The van der Waals surface area contributed by atoms with Gasteiger partial charge in [-0.3, -0.25) is 14.8 Å². The number of hydrazone groups is 1. The molecule has 0 radical (unpaired) electrons. The Balaban J connectivity index is 1.70. The van der Waals surface area contributed by atoms with Gasteiger partial charge >= 0.3 is 0 Å². The van der Waals surface area contributed by atoms with Crippen LogP contribution in [0.2, 0.25) is 0 Å². The molecule has 1 amide bonds. The lowest BCUT2D eigenvalue weighted by Crippen LogP contribution is -2.38. The molecule has 7 nitrogen and oxygen atoms in total. The van der Waals surface area contributed by atoms with Gasteiger partial charge in [0.25, 0.3) is 0 Å². The number of hydrogen-bond acceptors (Lipinski definition) is 6. The highest BCUT2D eigenvalue weighted by atomic mass is 32.2. The number of anilines is 2. The molecule has 29 heavy (non-hydrogen) atoms. The minimum atomic E-state index is -0.182. The molecular weight excluding hydrogens is 384 g/mol. The largest absolute Gasteiger partial charge is 0.325 e. The Morgan fingerprint density at radius 2 is 1.90 bits per heavy atom. The van der Waals surface area contributed by atoms with Crippen LogP contribution in [0.1, 0.15) is 16.7 Å². The summed E-state index contributed by atoms with van der Waals surface area (Å²) in [6.07, 6.45) is 1.72. The van der Waals surface area contributed by atoms with Crippen molar-refractivity contribution in [2.45, 2.75) is 20.8 Å². The molecule has 8 heteroatoms. The van der Waals surface area contributed by atoms with Gasteiger partial charge in [-0.2, -0.15) is 5.10 Å². The van der Waals surface area contributed by atoms with Crippen LogP contribution >= 0.6 is 11.8 Å². The Morgan fingerprint density at radius 1 is 1.17 bits per heavy atom. The molecule has 2 aromatic carbocycles. The number of nitrogens with two attached hydrogens (primary N) is 2. The zero-order chi connectivity index (χ0) is 21.0. The predicted octanol–water partition coefficient (Wildman–Crippen LogP) is 3.44. The molecule has 0 unspecified atom stereocenters. The second-order valence-corrected chi connectivity index (χ2v) is 7.68. The number of nitrogens with one attached hydrogen (secondary N) is 1. The Bertz CT molecular complexity index is 1050. The number of amides is 1. The molecule has 1 aromatic heterocycles. The van der Waals surface area contributed by atoms with E-state index >= 15 is 0 Å². The van der Waals surface area contributed by atoms with E-state index in [1.54, 1.807) is 6.20 Å². The molecule has 0 aliphatic carbocycles. The lowest BCUT2D eigenvalue weighted by atomic mass is 10.1. The maximum Gasteiger partial charge on any atom is 0.234 e. The number of amidine groups is 1. The molecule has 5 N–H and O–H groups in total. The number of carbonyl (C=O) groups is 1. The molecule has 150 valence electrons. The van der Waals surface area contributed by atoms with Gasteiger partial charge in [0.2, 0.25) is 11.1 Å². The highest BCUT2D eigenvalue weighted by Crippen LogP contribution is 2.27. The van der Waals surface area contributed by atoms with Crippen LogP contribution in [0, 0.1) is 20.8 Å². The fourth-order valence-electron chi connectivity index (χ4n) is 3.35. The number of aromatic nitrogens is 1. The Hall–Kier alpha value is -3.10. The highest BCUT2D eigenvalue weighted by molar-refractivity contribution is 8.14. The van der Waals surface area contributed by atoms with Gasteiger partial charge in [-0.15, -0.1) is 0 Å². The first-order chi connectivity index (χ1) is 13.9. The number of hydrogen-bond donors (Lipinski definition) is 3. The van der Waals surface area contributed by atoms with Crippen molar-refractivity contribution in [3.8, 4) is 0 Å². The molecule has 0 spiro atoms. The molecule has 3 aromatic rings. The summed E-state index contributed by atoms with van der Waals surface area (Å²) in [4.78, 5) is 16.8. The van der Waals surface area contributed by atoms with Crippen molar-refractivity contribution in [3.05, 3.63) is 65.4 Å². The van der Waals surface area contributed by atoms with Crippen molar-refractivity contribution in [1.29, 1.82) is 0 Å². The summed E-state index contributed by atoms with van der Waals surface area (Å²) < 4.78 is 0. The maximum absolute atomic E-state index is 12.5. The number of aryl methyl sites for hydroxylation is 3. The summed E-state index contributed by atoms with van der Waals surface area (Å²) in [6.45, 7) is 6.00. The third-order valence-electron chi connectivity index (χ3n) is 4.44. The van der Waals surface area contributed by atoms with E-state index in [4.69, 9.17) is 11.7 Å². The van der Waals surface area contributed by atoms with Crippen LogP contribution in [-0.4, -0.2) is 21.8 Å². The van der Waals surface area contributed by atoms with E-state index in [0.29, 0.717) is 10.9 Å². The van der Waals surface area contributed by atoms with Crippen molar-refractivity contribution < 1.29 is 4.79 Å². The SMILES string of the molecule is Cc1cc(C)c(N(N)/C(=N\N)SCC(=O)Nc2cccc3ncccc23)c(C)c1. The Kier molecular flexibility index (Phi) is 6.36. The lowest BCUT2D eigenvalue weighted by molar-refractivity contribution is -0.113. The minimum Gasteiger partial charge on any atom is -0.325 e. The Morgan fingerprint density at radius 3 is 2.59 bits per heavy atom. The number of carbonyl (C=O) groups excluding carboxylic acids is 1. The molecular formula is C21H24N6OS.